The molecule has 0 radical (unpaired) electrons. The summed E-state index contributed by atoms with van der Waals surface area (Å²) in [6, 6.07) is 1.76. The first kappa shape index (κ1) is 11.4. The smallest absolute Gasteiger partial charge is 0.0354 e. The van der Waals surface area contributed by atoms with Crippen LogP contribution in [0.25, 0.3) is 0 Å². The highest BCUT2D eigenvalue weighted by Crippen LogP contribution is 2.39. The minimum absolute atomic E-state index is 0.820. The summed E-state index contributed by atoms with van der Waals surface area (Å²) in [6.45, 7) is 3.82. The zero-order valence-electron chi connectivity index (χ0n) is 10.3. The molecule has 16 heavy (non-hydrogen) atoms. The predicted molar refractivity (Wildman–Crippen MR) is 71.0 cm³/mol. The number of nitrogens with one attached hydrogen (secondary N) is 1. The molecule has 1 aliphatic carbocycles. The Morgan fingerprint density at radius 1 is 1.06 bits per heavy atom. The van der Waals surface area contributed by atoms with Crippen molar-refractivity contribution >= 4 is 11.8 Å². The van der Waals surface area contributed by atoms with Crippen LogP contribution >= 0.6 is 11.8 Å². The molecular weight excluding hydrogens is 216 g/mol. The maximum Gasteiger partial charge on any atom is 0.0354 e. The molecule has 3 fully saturated rings. The largest absolute Gasteiger partial charge is 0.314 e. The van der Waals surface area contributed by atoms with Crippen LogP contribution in [0.1, 0.15) is 32.1 Å². The summed E-state index contributed by atoms with van der Waals surface area (Å²) in [5.74, 6) is 1.04. The van der Waals surface area contributed by atoms with E-state index in [1.807, 2.05) is 0 Å². The topological polar surface area (TPSA) is 15.3 Å². The fourth-order valence-electron chi connectivity index (χ4n) is 4.12. The molecule has 0 aromatic rings. The summed E-state index contributed by atoms with van der Waals surface area (Å²) in [7, 11) is 0. The van der Waals surface area contributed by atoms with Crippen LogP contribution in [-0.4, -0.2) is 48.1 Å². The zero-order chi connectivity index (χ0) is 11.0. The highest BCUT2D eigenvalue weighted by Gasteiger charge is 2.41. The Morgan fingerprint density at radius 3 is 2.81 bits per heavy atom. The maximum absolute atomic E-state index is 3.59. The van der Waals surface area contributed by atoms with Crippen LogP contribution in [0, 0.1) is 5.92 Å². The third-order valence-corrected chi connectivity index (χ3v) is 5.98. The second-order valence-electron chi connectivity index (χ2n) is 5.64. The van der Waals surface area contributed by atoms with E-state index in [9.17, 15) is 0 Å². The molecule has 3 heteroatoms. The predicted octanol–water partition coefficient (Wildman–Crippen LogP) is 1.95. The number of thioether (sulfide) groups is 1. The maximum atomic E-state index is 3.59. The van der Waals surface area contributed by atoms with Gasteiger partial charge < -0.3 is 5.32 Å². The fraction of sp³-hybridized carbons (Fsp3) is 1.00. The molecule has 92 valence electrons. The number of piperidine rings is 1. The third kappa shape index (κ3) is 1.91. The highest BCUT2D eigenvalue weighted by atomic mass is 32.2. The normalized spacial score (nSPS) is 44.8. The van der Waals surface area contributed by atoms with Gasteiger partial charge in [-0.15, -0.1) is 0 Å². The minimum atomic E-state index is 0.820. The van der Waals surface area contributed by atoms with Crippen molar-refractivity contribution < 1.29 is 0 Å². The molecule has 4 unspecified atom stereocenters. The lowest BCUT2D eigenvalue weighted by atomic mass is 9.90. The van der Waals surface area contributed by atoms with Crippen LogP contribution in [0.4, 0.5) is 0 Å². The lowest BCUT2D eigenvalue weighted by Gasteiger charge is -2.43. The van der Waals surface area contributed by atoms with E-state index in [0.717, 1.165) is 23.3 Å². The van der Waals surface area contributed by atoms with Gasteiger partial charge in [0.25, 0.3) is 0 Å². The van der Waals surface area contributed by atoms with E-state index in [1.54, 1.807) is 0 Å². The molecule has 2 heterocycles. The van der Waals surface area contributed by atoms with Crippen molar-refractivity contribution in [3.05, 3.63) is 0 Å². The molecule has 2 saturated heterocycles. The Hall–Kier alpha value is 0.270. The van der Waals surface area contributed by atoms with Gasteiger partial charge in [0, 0.05) is 30.4 Å². The molecule has 1 saturated carbocycles. The van der Waals surface area contributed by atoms with Crippen LogP contribution in [0.5, 0.6) is 0 Å². The van der Waals surface area contributed by atoms with Gasteiger partial charge in [0.2, 0.25) is 0 Å². The zero-order valence-corrected chi connectivity index (χ0v) is 11.1. The van der Waals surface area contributed by atoms with Crippen molar-refractivity contribution in [3.63, 3.8) is 0 Å². The summed E-state index contributed by atoms with van der Waals surface area (Å²) < 4.78 is 0. The lowest BCUT2D eigenvalue weighted by Crippen LogP contribution is -2.52. The number of nitrogens with zero attached hydrogens (tertiary/aromatic N) is 1. The summed E-state index contributed by atoms with van der Waals surface area (Å²) >= 11 is 2.06. The third-order valence-electron chi connectivity index (χ3n) is 4.89. The Morgan fingerprint density at radius 2 is 1.94 bits per heavy atom. The molecule has 0 amide bonds. The molecule has 2 aliphatic heterocycles. The van der Waals surface area contributed by atoms with E-state index in [4.69, 9.17) is 0 Å². The van der Waals surface area contributed by atoms with Crippen molar-refractivity contribution in [1.29, 1.82) is 0 Å². The molecular formula is C13H24N2S. The first-order valence-corrected chi connectivity index (χ1v) is 8.18. The second-order valence-corrected chi connectivity index (χ2v) is 6.72. The molecule has 2 nitrogen and oxygen atoms in total. The monoisotopic (exact) mass is 240 g/mol. The summed E-state index contributed by atoms with van der Waals surface area (Å²) in [6.07, 6.45) is 9.69. The van der Waals surface area contributed by atoms with Gasteiger partial charge in [-0.1, -0.05) is 6.42 Å². The van der Waals surface area contributed by atoms with Gasteiger partial charge in [0.15, 0.2) is 0 Å². The van der Waals surface area contributed by atoms with E-state index < -0.39 is 0 Å². The first-order chi connectivity index (χ1) is 7.90. The molecule has 0 aromatic heterocycles. The Labute approximate surface area is 104 Å². The standard InChI is InChI=1S/C13H24N2S/c1-16-13-9-14-8-12(13)15-7-3-5-10-4-2-6-11(10)15/h10-14H,2-9H2,1H3. The van der Waals surface area contributed by atoms with Crippen LogP contribution in [0.2, 0.25) is 0 Å². The number of rotatable bonds is 2. The Kier molecular flexibility index (Phi) is 3.46. The molecule has 3 rings (SSSR count). The number of fused-ring (bicyclic) bond motifs is 1. The van der Waals surface area contributed by atoms with Gasteiger partial charge in [0.05, 0.1) is 0 Å². The average molecular weight is 240 g/mol. The molecule has 3 aliphatic rings. The average Bonchev–Trinajstić information content (AvgIpc) is 2.96. The Balaban J connectivity index is 1.72. The number of likely N-dealkylation sites (tertiary alicyclic amines) is 1. The van der Waals surface area contributed by atoms with Gasteiger partial charge in [-0.2, -0.15) is 11.8 Å². The van der Waals surface area contributed by atoms with E-state index >= 15 is 0 Å². The molecule has 0 bridgehead atoms. The van der Waals surface area contributed by atoms with Crippen molar-refractivity contribution in [3.8, 4) is 0 Å². The lowest BCUT2D eigenvalue weighted by molar-refractivity contribution is 0.0772. The SMILES string of the molecule is CSC1CNCC1N1CCCC2CCCC21. The van der Waals surface area contributed by atoms with Crippen molar-refractivity contribution in [2.24, 2.45) is 5.92 Å². The summed E-state index contributed by atoms with van der Waals surface area (Å²) in [5.41, 5.74) is 0. The quantitative estimate of drug-likeness (QED) is 0.794. The fourth-order valence-corrected chi connectivity index (χ4v) is 4.97. The van der Waals surface area contributed by atoms with Crippen LogP contribution in [0.3, 0.4) is 0 Å². The van der Waals surface area contributed by atoms with Crippen LogP contribution in [-0.2, 0) is 0 Å². The minimum Gasteiger partial charge on any atom is -0.314 e. The highest BCUT2D eigenvalue weighted by molar-refractivity contribution is 7.99. The van der Waals surface area contributed by atoms with Gasteiger partial charge >= 0.3 is 0 Å². The van der Waals surface area contributed by atoms with E-state index in [1.165, 1.54) is 51.7 Å². The van der Waals surface area contributed by atoms with Gasteiger partial charge in [0.1, 0.15) is 0 Å². The van der Waals surface area contributed by atoms with Gasteiger partial charge in [-0.25, -0.2) is 0 Å². The molecule has 1 N–H and O–H groups in total. The van der Waals surface area contributed by atoms with Gasteiger partial charge in [-0.05, 0) is 44.4 Å². The van der Waals surface area contributed by atoms with Crippen molar-refractivity contribution in [2.45, 2.75) is 49.4 Å². The van der Waals surface area contributed by atoms with Crippen LogP contribution in [0.15, 0.2) is 0 Å². The number of hydrogen-bond acceptors (Lipinski definition) is 3. The van der Waals surface area contributed by atoms with E-state index in [-0.39, 0.29) is 0 Å². The van der Waals surface area contributed by atoms with Gasteiger partial charge in [-0.3, -0.25) is 4.90 Å². The summed E-state index contributed by atoms with van der Waals surface area (Å²) in [4.78, 5) is 2.88. The van der Waals surface area contributed by atoms with E-state index in [0.29, 0.717) is 0 Å². The molecule has 0 aromatic carbocycles. The first-order valence-electron chi connectivity index (χ1n) is 6.89. The van der Waals surface area contributed by atoms with Crippen molar-refractivity contribution in [2.75, 3.05) is 25.9 Å². The summed E-state index contributed by atoms with van der Waals surface area (Å²) in [5, 5.41) is 4.42. The van der Waals surface area contributed by atoms with E-state index in [2.05, 4.69) is 28.2 Å². The number of hydrogen-bond donors (Lipinski definition) is 1. The van der Waals surface area contributed by atoms with Crippen LogP contribution < -0.4 is 5.32 Å². The molecule has 4 atom stereocenters. The Bertz CT molecular complexity index is 246. The second kappa shape index (κ2) is 4.87. The molecule has 0 spiro atoms. The van der Waals surface area contributed by atoms with Crippen molar-refractivity contribution in [1.82, 2.24) is 10.2 Å².